The van der Waals surface area contributed by atoms with Crippen LogP contribution in [0.2, 0.25) is 0 Å². The number of thiophene rings is 1. The molecule has 5 nitrogen and oxygen atoms in total. The fraction of sp³-hybridized carbons (Fsp3) is 0.0588. The third kappa shape index (κ3) is 5.29. The van der Waals surface area contributed by atoms with Crippen molar-refractivity contribution in [3.63, 3.8) is 0 Å². The lowest BCUT2D eigenvalue weighted by Gasteiger charge is -2.28. The minimum Gasteiger partial charge on any atom is -0.455 e. The van der Waals surface area contributed by atoms with Crippen LogP contribution in [-0.4, -0.2) is 11.9 Å². The Morgan fingerprint density at radius 3 is 2.29 bits per heavy atom. The maximum absolute atomic E-state index is 6.23. The predicted octanol–water partition coefficient (Wildman–Crippen LogP) is 9.56. The fourth-order valence-electron chi connectivity index (χ4n) is 4.82. The molecule has 1 aliphatic rings. The van der Waals surface area contributed by atoms with Crippen LogP contribution < -0.4 is 10.0 Å². The van der Waals surface area contributed by atoms with Gasteiger partial charge in [0.1, 0.15) is 11.3 Å². The monoisotopic (exact) mass is 570 g/mol. The van der Waals surface area contributed by atoms with Gasteiger partial charge in [0.25, 0.3) is 0 Å². The van der Waals surface area contributed by atoms with Gasteiger partial charge in [-0.15, -0.1) is 11.3 Å². The molecule has 0 bridgehead atoms. The van der Waals surface area contributed by atoms with Gasteiger partial charge in [-0.2, -0.15) is 10.2 Å². The van der Waals surface area contributed by atoms with Crippen molar-refractivity contribution in [2.45, 2.75) is 23.3 Å². The Kier molecular flexibility index (Phi) is 6.88. The predicted molar refractivity (Wildman–Crippen MR) is 172 cm³/mol. The SMILES string of the molecule is CC(=NN(Cc1cccs1)c1ccccc1)c1cc2cc(C=NN3c4ccccc4Sc4ccccc43)ccc2o1. The third-order valence-corrected chi connectivity index (χ3v) is 8.83. The van der Waals surface area contributed by atoms with Crippen molar-refractivity contribution in [3.8, 4) is 0 Å². The molecule has 0 atom stereocenters. The maximum atomic E-state index is 6.23. The Hall–Kier alpha value is -4.59. The van der Waals surface area contributed by atoms with Crippen LogP contribution >= 0.6 is 23.1 Å². The molecule has 7 heteroatoms. The molecule has 41 heavy (non-hydrogen) atoms. The number of hydrogen-bond donors (Lipinski definition) is 0. The van der Waals surface area contributed by atoms with E-state index in [1.54, 1.807) is 23.1 Å². The largest absolute Gasteiger partial charge is 0.455 e. The lowest BCUT2D eigenvalue weighted by molar-refractivity contribution is 0.603. The molecule has 7 rings (SSSR count). The first kappa shape index (κ1) is 25.4. The normalized spacial score (nSPS) is 13.0. The molecule has 0 spiro atoms. The van der Waals surface area contributed by atoms with E-state index >= 15 is 0 Å². The zero-order valence-corrected chi connectivity index (χ0v) is 24.0. The van der Waals surface area contributed by atoms with E-state index in [0.29, 0.717) is 6.54 Å². The number of rotatable bonds is 7. The highest BCUT2D eigenvalue weighted by Gasteiger charge is 2.22. The van der Waals surface area contributed by atoms with Gasteiger partial charge in [-0.3, -0.25) is 5.01 Å². The van der Waals surface area contributed by atoms with E-state index in [4.69, 9.17) is 14.6 Å². The molecule has 0 radical (unpaired) electrons. The number of nitrogens with zero attached hydrogens (tertiary/aromatic N) is 4. The van der Waals surface area contributed by atoms with E-state index in [0.717, 1.165) is 45.1 Å². The first-order chi connectivity index (χ1) is 20.2. The molecule has 1 aliphatic heterocycles. The first-order valence-corrected chi connectivity index (χ1v) is 15.0. The third-order valence-electron chi connectivity index (χ3n) is 6.84. The molecular weight excluding hydrogens is 545 g/mol. The zero-order chi connectivity index (χ0) is 27.6. The number of hydrazone groups is 2. The standard InChI is InChI=1S/C34H26N4OS2/c1-24(36-37(23-28-12-9-19-40-28)27-10-3-2-4-11-27)32-21-26-20-25(17-18-31(26)39-32)22-35-38-29-13-5-7-15-33(29)41-34-16-8-6-14-30(34)38/h2-22H,23H2,1H3. The van der Waals surface area contributed by atoms with Crippen LogP contribution in [0.4, 0.5) is 17.1 Å². The van der Waals surface area contributed by atoms with Gasteiger partial charge in [-0.1, -0.05) is 60.3 Å². The highest BCUT2D eigenvalue weighted by atomic mass is 32.2. The Morgan fingerprint density at radius 2 is 1.56 bits per heavy atom. The van der Waals surface area contributed by atoms with Gasteiger partial charge in [-0.25, -0.2) is 5.01 Å². The van der Waals surface area contributed by atoms with Crippen LogP contribution in [0, 0.1) is 0 Å². The Morgan fingerprint density at radius 1 is 0.829 bits per heavy atom. The van der Waals surface area contributed by atoms with E-state index in [1.807, 2.05) is 53.5 Å². The van der Waals surface area contributed by atoms with Crippen LogP contribution in [0.25, 0.3) is 11.0 Å². The quantitative estimate of drug-likeness (QED) is 0.142. The molecule has 6 aromatic rings. The molecular formula is C34H26N4OS2. The average Bonchev–Trinajstić information content (AvgIpc) is 3.69. The van der Waals surface area contributed by atoms with Gasteiger partial charge in [0, 0.05) is 20.1 Å². The van der Waals surface area contributed by atoms with Crippen LogP contribution in [0.15, 0.2) is 145 Å². The summed E-state index contributed by atoms with van der Waals surface area (Å²) in [5, 5.41) is 17.1. The van der Waals surface area contributed by atoms with Crippen LogP contribution in [0.3, 0.4) is 0 Å². The second kappa shape index (κ2) is 11.1. The van der Waals surface area contributed by atoms with E-state index < -0.39 is 0 Å². The molecule has 4 aromatic carbocycles. The number of para-hydroxylation sites is 3. The van der Waals surface area contributed by atoms with Crippen molar-refractivity contribution < 1.29 is 4.42 Å². The molecule has 0 unspecified atom stereocenters. The van der Waals surface area contributed by atoms with Gasteiger partial charge < -0.3 is 4.42 Å². The summed E-state index contributed by atoms with van der Waals surface area (Å²) in [6.45, 7) is 2.69. The molecule has 0 aliphatic carbocycles. The molecule has 0 amide bonds. The first-order valence-electron chi connectivity index (χ1n) is 13.4. The second-order valence-electron chi connectivity index (χ2n) is 9.66. The fourth-order valence-corrected chi connectivity index (χ4v) is 6.55. The molecule has 0 fully saturated rings. The topological polar surface area (TPSA) is 44.3 Å². The van der Waals surface area contributed by atoms with E-state index in [1.165, 1.54) is 14.7 Å². The highest BCUT2D eigenvalue weighted by Crippen LogP contribution is 2.47. The van der Waals surface area contributed by atoms with E-state index in [-0.39, 0.29) is 0 Å². The summed E-state index contributed by atoms with van der Waals surface area (Å²) >= 11 is 3.51. The second-order valence-corrected chi connectivity index (χ2v) is 11.8. The van der Waals surface area contributed by atoms with Crippen molar-refractivity contribution in [1.82, 2.24) is 0 Å². The summed E-state index contributed by atoms with van der Waals surface area (Å²) in [4.78, 5) is 3.63. The van der Waals surface area contributed by atoms with Crippen LogP contribution in [-0.2, 0) is 6.54 Å². The summed E-state index contributed by atoms with van der Waals surface area (Å²) in [5.74, 6) is 0.747. The van der Waals surface area contributed by atoms with Crippen molar-refractivity contribution in [1.29, 1.82) is 0 Å². The van der Waals surface area contributed by atoms with Crippen molar-refractivity contribution in [2.75, 3.05) is 10.0 Å². The minimum atomic E-state index is 0.696. The van der Waals surface area contributed by atoms with Gasteiger partial charge in [0.15, 0.2) is 5.76 Å². The average molecular weight is 571 g/mol. The van der Waals surface area contributed by atoms with Gasteiger partial charge >= 0.3 is 0 Å². The smallest absolute Gasteiger partial charge is 0.151 e. The summed E-state index contributed by atoms with van der Waals surface area (Å²) in [6, 6.07) is 39.4. The van der Waals surface area contributed by atoms with Gasteiger partial charge in [0.2, 0.25) is 0 Å². The summed E-state index contributed by atoms with van der Waals surface area (Å²) in [6.07, 6.45) is 1.91. The molecule has 0 saturated heterocycles. The van der Waals surface area contributed by atoms with E-state index in [9.17, 15) is 0 Å². The Bertz CT molecular complexity index is 1830. The van der Waals surface area contributed by atoms with Crippen LogP contribution in [0.5, 0.6) is 0 Å². The Labute approximate surface area is 247 Å². The summed E-state index contributed by atoms with van der Waals surface area (Å²) in [5.41, 5.74) is 5.83. The number of anilines is 3. The lowest BCUT2D eigenvalue weighted by atomic mass is 10.1. The highest BCUT2D eigenvalue weighted by molar-refractivity contribution is 7.99. The molecule has 200 valence electrons. The summed E-state index contributed by atoms with van der Waals surface area (Å²) < 4.78 is 6.23. The van der Waals surface area contributed by atoms with E-state index in [2.05, 4.69) is 90.3 Å². The van der Waals surface area contributed by atoms with Crippen molar-refractivity contribution in [3.05, 3.63) is 137 Å². The van der Waals surface area contributed by atoms with Crippen molar-refractivity contribution >= 4 is 63.1 Å². The zero-order valence-electron chi connectivity index (χ0n) is 22.3. The Balaban J connectivity index is 1.18. The molecule has 0 saturated carbocycles. The number of benzene rings is 4. The van der Waals surface area contributed by atoms with Crippen molar-refractivity contribution in [2.24, 2.45) is 10.2 Å². The summed E-state index contributed by atoms with van der Waals surface area (Å²) in [7, 11) is 0. The van der Waals surface area contributed by atoms with Gasteiger partial charge in [-0.05, 0) is 84.6 Å². The minimum absolute atomic E-state index is 0.696. The lowest BCUT2D eigenvalue weighted by Crippen LogP contribution is -2.17. The molecule has 2 aromatic heterocycles. The molecule has 0 N–H and O–H groups in total. The number of fused-ring (bicyclic) bond motifs is 3. The number of furan rings is 1. The molecule has 3 heterocycles. The maximum Gasteiger partial charge on any atom is 0.151 e. The number of hydrogen-bond acceptors (Lipinski definition) is 7. The van der Waals surface area contributed by atoms with Crippen LogP contribution in [0.1, 0.15) is 23.1 Å². The van der Waals surface area contributed by atoms with Gasteiger partial charge in [0.05, 0.1) is 29.8 Å².